The molecule has 0 aliphatic heterocycles. The van der Waals surface area contributed by atoms with Gasteiger partial charge in [-0.3, -0.25) is 19.4 Å². The molecule has 9 nitrogen and oxygen atoms in total. The molecule has 0 spiro atoms. The summed E-state index contributed by atoms with van der Waals surface area (Å²) in [5.41, 5.74) is 1.62. The first-order chi connectivity index (χ1) is 13.9. The Morgan fingerprint density at radius 3 is 2.59 bits per heavy atom. The first-order valence-electron chi connectivity index (χ1n) is 8.86. The lowest BCUT2D eigenvalue weighted by Crippen LogP contribution is -2.35. The third kappa shape index (κ3) is 5.08. The Labute approximate surface area is 171 Å². The number of carbonyl (C=O) groups excluding carboxylic acids is 2. The van der Waals surface area contributed by atoms with E-state index in [0.717, 1.165) is 5.56 Å². The highest BCUT2D eigenvalue weighted by Crippen LogP contribution is 2.14. The topological polar surface area (TPSA) is 122 Å². The number of H-pyrrole nitrogens is 1. The Kier molecular flexibility index (Phi) is 6.08. The fourth-order valence-corrected chi connectivity index (χ4v) is 2.69. The molecule has 0 bridgehead atoms. The SMILES string of the molecule is CCc1cc(=O)[nH]c(-n2nc(C)cc2NC(=O)C(=O)NCc2ccc(Cl)cc2)n1. The van der Waals surface area contributed by atoms with E-state index in [4.69, 9.17) is 11.6 Å². The van der Waals surface area contributed by atoms with E-state index in [-0.39, 0.29) is 23.9 Å². The van der Waals surface area contributed by atoms with E-state index >= 15 is 0 Å². The van der Waals surface area contributed by atoms with Crippen molar-refractivity contribution in [3.63, 3.8) is 0 Å². The van der Waals surface area contributed by atoms with Crippen molar-refractivity contribution in [2.45, 2.75) is 26.8 Å². The first-order valence-corrected chi connectivity index (χ1v) is 9.24. The third-order valence-corrected chi connectivity index (χ3v) is 4.24. The Morgan fingerprint density at radius 1 is 1.17 bits per heavy atom. The van der Waals surface area contributed by atoms with Crippen molar-refractivity contribution >= 4 is 29.2 Å². The molecule has 0 radical (unpaired) electrons. The second kappa shape index (κ2) is 8.70. The van der Waals surface area contributed by atoms with Gasteiger partial charge in [-0.25, -0.2) is 4.98 Å². The number of halogens is 1. The smallest absolute Gasteiger partial charge is 0.314 e. The van der Waals surface area contributed by atoms with Gasteiger partial charge >= 0.3 is 11.8 Å². The van der Waals surface area contributed by atoms with E-state index in [1.807, 2.05) is 6.92 Å². The van der Waals surface area contributed by atoms with Gasteiger partial charge in [0.15, 0.2) is 0 Å². The molecule has 0 unspecified atom stereocenters. The summed E-state index contributed by atoms with van der Waals surface area (Å²) >= 11 is 5.82. The lowest BCUT2D eigenvalue weighted by Gasteiger charge is -2.09. The fourth-order valence-electron chi connectivity index (χ4n) is 2.56. The molecule has 2 aromatic heterocycles. The van der Waals surface area contributed by atoms with Crippen molar-refractivity contribution in [1.29, 1.82) is 0 Å². The van der Waals surface area contributed by atoms with E-state index in [2.05, 4.69) is 25.7 Å². The molecule has 2 heterocycles. The number of rotatable bonds is 5. The van der Waals surface area contributed by atoms with Crippen LogP contribution in [0.5, 0.6) is 0 Å². The monoisotopic (exact) mass is 414 g/mol. The average Bonchev–Trinajstić information content (AvgIpc) is 3.06. The zero-order valence-electron chi connectivity index (χ0n) is 15.8. The molecule has 0 atom stereocenters. The number of aryl methyl sites for hydroxylation is 2. The molecule has 2 amide bonds. The van der Waals surface area contributed by atoms with Crippen LogP contribution in [-0.2, 0) is 22.6 Å². The van der Waals surface area contributed by atoms with Gasteiger partial charge in [0.1, 0.15) is 5.82 Å². The van der Waals surface area contributed by atoms with Crippen LogP contribution in [-0.4, -0.2) is 31.6 Å². The number of benzene rings is 1. The number of amides is 2. The standard InChI is InChI=1S/C19H19ClN6O3/c1-3-14-9-16(27)24-19(22-14)26-15(8-11(2)25-26)23-18(29)17(28)21-10-12-4-6-13(20)7-5-12/h4-9H,3,10H2,1-2H3,(H,21,28)(H,23,29)(H,22,24,27). The quantitative estimate of drug-likeness (QED) is 0.549. The number of aromatic amines is 1. The third-order valence-electron chi connectivity index (χ3n) is 3.99. The van der Waals surface area contributed by atoms with Gasteiger partial charge in [-0.2, -0.15) is 9.78 Å². The van der Waals surface area contributed by atoms with E-state index in [1.54, 1.807) is 37.3 Å². The molecule has 0 aliphatic carbocycles. The van der Waals surface area contributed by atoms with Gasteiger partial charge in [-0.1, -0.05) is 30.7 Å². The summed E-state index contributed by atoms with van der Waals surface area (Å²) in [7, 11) is 0. The highest BCUT2D eigenvalue weighted by Gasteiger charge is 2.18. The summed E-state index contributed by atoms with van der Waals surface area (Å²) in [6, 6.07) is 9.86. The van der Waals surface area contributed by atoms with Gasteiger partial charge in [0, 0.05) is 29.4 Å². The number of carbonyl (C=O) groups is 2. The van der Waals surface area contributed by atoms with E-state index in [9.17, 15) is 14.4 Å². The minimum Gasteiger partial charge on any atom is -0.344 e. The summed E-state index contributed by atoms with van der Waals surface area (Å²) in [4.78, 5) is 43.2. The number of nitrogens with zero attached hydrogens (tertiary/aromatic N) is 3. The maximum absolute atomic E-state index is 12.3. The van der Waals surface area contributed by atoms with Crippen LogP contribution in [0.3, 0.4) is 0 Å². The lowest BCUT2D eigenvalue weighted by atomic mass is 10.2. The van der Waals surface area contributed by atoms with Crippen molar-refractivity contribution in [2.75, 3.05) is 5.32 Å². The summed E-state index contributed by atoms with van der Waals surface area (Å²) < 4.78 is 1.28. The highest BCUT2D eigenvalue weighted by atomic mass is 35.5. The first kappa shape index (κ1) is 20.3. The largest absolute Gasteiger partial charge is 0.344 e. The van der Waals surface area contributed by atoms with Crippen LogP contribution in [0.15, 0.2) is 41.2 Å². The number of hydrogen-bond donors (Lipinski definition) is 3. The Hall–Kier alpha value is -3.46. The minimum absolute atomic E-state index is 0.152. The molecule has 29 heavy (non-hydrogen) atoms. The van der Waals surface area contributed by atoms with Crippen LogP contribution < -0.4 is 16.2 Å². The van der Waals surface area contributed by atoms with Gasteiger partial charge in [-0.15, -0.1) is 0 Å². The van der Waals surface area contributed by atoms with Gasteiger partial charge < -0.3 is 10.6 Å². The van der Waals surface area contributed by atoms with E-state index < -0.39 is 11.8 Å². The van der Waals surface area contributed by atoms with E-state index in [0.29, 0.717) is 22.8 Å². The summed E-state index contributed by atoms with van der Waals surface area (Å²) in [5, 5.41) is 9.85. The van der Waals surface area contributed by atoms with Gasteiger partial charge in [0.2, 0.25) is 5.95 Å². The second-order valence-corrected chi connectivity index (χ2v) is 6.70. The second-order valence-electron chi connectivity index (χ2n) is 6.26. The molecule has 3 rings (SSSR count). The fraction of sp³-hybridized carbons (Fsp3) is 0.211. The number of anilines is 1. The van der Waals surface area contributed by atoms with Crippen LogP contribution in [0.1, 0.15) is 23.9 Å². The molecular weight excluding hydrogens is 396 g/mol. The molecule has 10 heteroatoms. The molecule has 0 saturated heterocycles. The zero-order valence-corrected chi connectivity index (χ0v) is 16.6. The summed E-state index contributed by atoms with van der Waals surface area (Å²) in [6.07, 6.45) is 0.561. The normalized spacial score (nSPS) is 10.6. The van der Waals surface area contributed by atoms with E-state index in [1.165, 1.54) is 10.7 Å². The Morgan fingerprint density at radius 2 is 1.90 bits per heavy atom. The van der Waals surface area contributed by atoms with Crippen molar-refractivity contribution in [3.8, 4) is 5.95 Å². The molecule has 0 aliphatic rings. The number of hydrogen-bond acceptors (Lipinski definition) is 5. The zero-order chi connectivity index (χ0) is 21.0. The van der Waals surface area contributed by atoms with Crippen LogP contribution in [0, 0.1) is 6.92 Å². The molecule has 3 aromatic rings. The molecule has 1 aromatic carbocycles. The predicted molar refractivity (Wildman–Crippen MR) is 108 cm³/mol. The van der Waals surface area contributed by atoms with Crippen LogP contribution >= 0.6 is 11.6 Å². The highest BCUT2D eigenvalue weighted by molar-refractivity contribution is 6.39. The van der Waals surface area contributed by atoms with Crippen LogP contribution in [0.25, 0.3) is 5.95 Å². The van der Waals surface area contributed by atoms with Crippen molar-refractivity contribution in [3.05, 3.63) is 68.7 Å². The van der Waals surface area contributed by atoms with Crippen molar-refractivity contribution in [1.82, 2.24) is 25.1 Å². The minimum atomic E-state index is -0.867. The van der Waals surface area contributed by atoms with Gasteiger partial charge in [0.25, 0.3) is 5.56 Å². The molecule has 0 saturated carbocycles. The van der Waals surface area contributed by atoms with Gasteiger partial charge in [0.05, 0.1) is 5.69 Å². The number of aromatic nitrogens is 4. The van der Waals surface area contributed by atoms with Crippen molar-refractivity contribution in [2.24, 2.45) is 0 Å². The Balaban J connectivity index is 1.74. The predicted octanol–water partition coefficient (Wildman–Crippen LogP) is 1.73. The molecule has 0 fully saturated rings. The maximum atomic E-state index is 12.3. The lowest BCUT2D eigenvalue weighted by molar-refractivity contribution is -0.136. The molecule has 3 N–H and O–H groups in total. The Bertz CT molecular complexity index is 1100. The summed E-state index contributed by atoms with van der Waals surface area (Å²) in [6.45, 7) is 3.76. The molecule has 150 valence electrons. The van der Waals surface area contributed by atoms with Crippen molar-refractivity contribution < 1.29 is 9.59 Å². The maximum Gasteiger partial charge on any atom is 0.314 e. The van der Waals surface area contributed by atoms with Crippen LogP contribution in [0.4, 0.5) is 5.82 Å². The van der Waals surface area contributed by atoms with Gasteiger partial charge in [-0.05, 0) is 31.0 Å². The summed E-state index contributed by atoms with van der Waals surface area (Å²) in [5.74, 6) is -1.31. The number of nitrogens with one attached hydrogen (secondary N) is 3. The molecular formula is C19H19ClN6O3. The average molecular weight is 415 g/mol. The van der Waals surface area contributed by atoms with Crippen LogP contribution in [0.2, 0.25) is 5.02 Å².